The summed E-state index contributed by atoms with van der Waals surface area (Å²) in [4.78, 5) is 11.6. The highest BCUT2D eigenvalue weighted by molar-refractivity contribution is 5.88. The van der Waals surface area contributed by atoms with E-state index in [0.29, 0.717) is 18.8 Å². The molecule has 0 amide bonds. The van der Waals surface area contributed by atoms with Crippen LogP contribution in [0.4, 0.5) is 0 Å². The minimum Gasteiger partial charge on any atom is -0.457 e. The molecule has 0 aliphatic carbocycles. The third-order valence-corrected chi connectivity index (χ3v) is 2.38. The summed E-state index contributed by atoms with van der Waals surface area (Å²) in [5.41, 5.74) is 1.62. The number of carbonyl (C=O) groups is 1. The zero-order chi connectivity index (χ0) is 13.4. The van der Waals surface area contributed by atoms with Gasteiger partial charge in [-0.25, -0.2) is 4.79 Å². The van der Waals surface area contributed by atoms with Crippen LogP contribution in [0.5, 0.6) is 0 Å². The topological polar surface area (TPSA) is 44.8 Å². The van der Waals surface area contributed by atoms with E-state index in [0.717, 1.165) is 5.57 Å². The fourth-order valence-corrected chi connectivity index (χ4v) is 1.09. The lowest BCUT2D eigenvalue weighted by atomic mass is 10.2. The first-order valence-corrected chi connectivity index (χ1v) is 5.84. The number of allylic oxidation sites excluding steroid dienone is 1. The summed E-state index contributed by atoms with van der Waals surface area (Å²) >= 11 is 0. The molecule has 0 saturated heterocycles. The van der Waals surface area contributed by atoms with E-state index in [9.17, 15) is 4.79 Å². The zero-order valence-electron chi connectivity index (χ0n) is 11.7. The largest absolute Gasteiger partial charge is 0.457 e. The lowest BCUT2D eigenvalue weighted by Crippen LogP contribution is -2.25. The molecule has 0 fully saturated rings. The van der Waals surface area contributed by atoms with Crippen LogP contribution in [0.2, 0.25) is 0 Å². The summed E-state index contributed by atoms with van der Waals surface area (Å²) in [5.74, 6) is -0.277. The zero-order valence-corrected chi connectivity index (χ0v) is 11.7. The lowest BCUT2D eigenvalue weighted by Gasteiger charge is -2.17. The summed E-state index contributed by atoms with van der Waals surface area (Å²) in [6.07, 6.45) is -0.248. The molecule has 4 nitrogen and oxygen atoms in total. The Morgan fingerprint density at radius 3 is 2.12 bits per heavy atom. The summed E-state index contributed by atoms with van der Waals surface area (Å²) in [5, 5.41) is 0. The van der Waals surface area contributed by atoms with Crippen LogP contribution < -0.4 is 0 Å². The van der Waals surface area contributed by atoms with Crippen LogP contribution in [0.15, 0.2) is 11.1 Å². The number of esters is 1. The lowest BCUT2D eigenvalue weighted by molar-refractivity contribution is -0.147. The quantitative estimate of drug-likeness (QED) is 0.509. The molecular formula is C13H24O4. The van der Waals surface area contributed by atoms with E-state index < -0.39 is 0 Å². The SMILES string of the molecule is COCC(C)OCC(C)OC(=O)C(C)=C(C)C. The van der Waals surface area contributed by atoms with E-state index in [4.69, 9.17) is 14.2 Å². The van der Waals surface area contributed by atoms with Crippen LogP contribution in [-0.2, 0) is 19.0 Å². The van der Waals surface area contributed by atoms with Gasteiger partial charge in [0, 0.05) is 12.7 Å². The van der Waals surface area contributed by atoms with E-state index in [1.165, 1.54) is 0 Å². The summed E-state index contributed by atoms with van der Waals surface area (Å²) in [6.45, 7) is 10.2. The normalized spacial score (nSPS) is 14.0. The van der Waals surface area contributed by atoms with Gasteiger partial charge in [0.25, 0.3) is 0 Å². The molecule has 0 bridgehead atoms. The molecule has 0 spiro atoms. The molecule has 2 unspecified atom stereocenters. The fraction of sp³-hybridized carbons (Fsp3) is 0.769. The molecule has 0 rings (SSSR count). The Morgan fingerprint density at radius 2 is 1.65 bits per heavy atom. The van der Waals surface area contributed by atoms with Crippen LogP contribution in [0.25, 0.3) is 0 Å². The summed E-state index contributed by atoms with van der Waals surface area (Å²) in [6, 6.07) is 0. The molecule has 2 atom stereocenters. The van der Waals surface area contributed by atoms with Crippen molar-refractivity contribution in [2.24, 2.45) is 0 Å². The maximum Gasteiger partial charge on any atom is 0.333 e. The average Bonchev–Trinajstić information content (AvgIpc) is 2.25. The number of hydrogen-bond donors (Lipinski definition) is 0. The number of methoxy groups -OCH3 is 1. The van der Waals surface area contributed by atoms with Crippen LogP contribution >= 0.6 is 0 Å². The van der Waals surface area contributed by atoms with Gasteiger partial charge in [0.15, 0.2) is 0 Å². The minimum atomic E-state index is -0.277. The predicted octanol–water partition coefficient (Wildman–Crippen LogP) is 2.33. The third kappa shape index (κ3) is 7.13. The second-order valence-electron chi connectivity index (χ2n) is 4.44. The van der Waals surface area contributed by atoms with E-state index in [-0.39, 0.29) is 18.2 Å². The highest BCUT2D eigenvalue weighted by Gasteiger charge is 2.13. The Bertz CT molecular complexity index is 267. The van der Waals surface area contributed by atoms with Crippen molar-refractivity contribution >= 4 is 5.97 Å². The van der Waals surface area contributed by atoms with Crippen molar-refractivity contribution in [2.75, 3.05) is 20.3 Å². The molecular weight excluding hydrogens is 220 g/mol. The van der Waals surface area contributed by atoms with Crippen LogP contribution in [0, 0.1) is 0 Å². The first-order valence-electron chi connectivity index (χ1n) is 5.84. The molecule has 0 aliphatic heterocycles. The second kappa shape index (κ2) is 8.25. The molecule has 100 valence electrons. The van der Waals surface area contributed by atoms with Crippen molar-refractivity contribution in [3.8, 4) is 0 Å². The van der Waals surface area contributed by atoms with Crippen molar-refractivity contribution in [1.29, 1.82) is 0 Å². The van der Waals surface area contributed by atoms with Gasteiger partial charge in [-0.3, -0.25) is 0 Å². The average molecular weight is 244 g/mol. The molecule has 4 heteroatoms. The van der Waals surface area contributed by atoms with E-state index in [1.807, 2.05) is 27.7 Å². The molecule has 0 aromatic carbocycles. The van der Waals surface area contributed by atoms with Gasteiger partial charge in [0.1, 0.15) is 6.10 Å². The molecule has 0 aromatic heterocycles. The number of rotatable bonds is 7. The van der Waals surface area contributed by atoms with Crippen molar-refractivity contribution in [3.05, 3.63) is 11.1 Å². The maximum atomic E-state index is 11.6. The van der Waals surface area contributed by atoms with Gasteiger partial charge in [-0.15, -0.1) is 0 Å². The van der Waals surface area contributed by atoms with Gasteiger partial charge in [-0.05, 0) is 34.6 Å². The first-order chi connectivity index (χ1) is 7.88. The molecule has 0 aromatic rings. The van der Waals surface area contributed by atoms with Gasteiger partial charge in [0.2, 0.25) is 0 Å². The fourth-order valence-electron chi connectivity index (χ4n) is 1.09. The molecule has 0 aliphatic rings. The van der Waals surface area contributed by atoms with Crippen molar-refractivity contribution in [2.45, 2.75) is 46.8 Å². The third-order valence-electron chi connectivity index (χ3n) is 2.38. The molecule has 0 heterocycles. The molecule has 0 saturated carbocycles. The Morgan fingerprint density at radius 1 is 1.06 bits per heavy atom. The van der Waals surface area contributed by atoms with Crippen molar-refractivity contribution < 1.29 is 19.0 Å². The van der Waals surface area contributed by atoms with Gasteiger partial charge in [-0.2, -0.15) is 0 Å². The van der Waals surface area contributed by atoms with Crippen LogP contribution in [0.3, 0.4) is 0 Å². The molecule has 0 radical (unpaired) electrons. The first kappa shape index (κ1) is 16.1. The van der Waals surface area contributed by atoms with Gasteiger partial charge < -0.3 is 14.2 Å². The van der Waals surface area contributed by atoms with Gasteiger partial charge in [-0.1, -0.05) is 5.57 Å². The molecule has 17 heavy (non-hydrogen) atoms. The highest BCUT2D eigenvalue weighted by Crippen LogP contribution is 2.07. The van der Waals surface area contributed by atoms with Crippen molar-refractivity contribution in [3.63, 3.8) is 0 Å². The Hall–Kier alpha value is -0.870. The summed E-state index contributed by atoms with van der Waals surface area (Å²) < 4.78 is 15.7. The smallest absolute Gasteiger partial charge is 0.333 e. The van der Waals surface area contributed by atoms with E-state index in [2.05, 4.69) is 0 Å². The van der Waals surface area contributed by atoms with E-state index in [1.54, 1.807) is 14.0 Å². The number of ether oxygens (including phenoxy) is 3. The monoisotopic (exact) mass is 244 g/mol. The van der Waals surface area contributed by atoms with Crippen molar-refractivity contribution in [1.82, 2.24) is 0 Å². The van der Waals surface area contributed by atoms with Gasteiger partial charge in [0.05, 0.1) is 19.3 Å². The number of carbonyl (C=O) groups excluding carboxylic acids is 1. The predicted molar refractivity (Wildman–Crippen MR) is 66.9 cm³/mol. The molecule has 0 N–H and O–H groups in total. The second-order valence-corrected chi connectivity index (χ2v) is 4.44. The number of hydrogen-bond acceptors (Lipinski definition) is 4. The van der Waals surface area contributed by atoms with E-state index >= 15 is 0 Å². The van der Waals surface area contributed by atoms with Crippen LogP contribution in [0.1, 0.15) is 34.6 Å². The summed E-state index contributed by atoms with van der Waals surface area (Å²) in [7, 11) is 1.63. The maximum absolute atomic E-state index is 11.6. The Balaban J connectivity index is 3.99. The Labute approximate surface area is 104 Å². The van der Waals surface area contributed by atoms with Gasteiger partial charge >= 0.3 is 5.97 Å². The standard InChI is InChI=1S/C13H24O4/c1-9(2)12(5)13(14)17-11(4)8-16-10(3)7-15-6/h10-11H,7-8H2,1-6H3. The van der Waals surface area contributed by atoms with Crippen LogP contribution in [-0.4, -0.2) is 38.5 Å². The Kier molecular flexibility index (Phi) is 7.83. The highest BCUT2D eigenvalue weighted by atomic mass is 16.6. The minimum absolute atomic E-state index is 0.00528.